The van der Waals surface area contributed by atoms with Crippen molar-refractivity contribution in [3.8, 4) is 11.9 Å². The summed E-state index contributed by atoms with van der Waals surface area (Å²) < 4.78 is 16.6. The van der Waals surface area contributed by atoms with E-state index >= 15 is 0 Å². The zero-order valence-electron chi connectivity index (χ0n) is 15.0. The van der Waals surface area contributed by atoms with Crippen molar-refractivity contribution >= 4 is 6.03 Å². The molecule has 8 heteroatoms. The fourth-order valence-electron chi connectivity index (χ4n) is 3.58. The number of nitrogens with zero attached hydrogens (tertiary/aromatic N) is 3. The van der Waals surface area contributed by atoms with Crippen molar-refractivity contribution in [2.24, 2.45) is 0 Å². The predicted octanol–water partition coefficient (Wildman–Crippen LogP) is 2.03. The Morgan fingerprint density at radius 1 is 1.44 bits per heavy atom. The number of ether oxygens (including phenoxy) is 3. The lowest BCUT2D eigenvalue weighted by Gasteiger charge is -2.40. The van der Waals surface area contributed by atoms with Crippen LogP contribution in [0.3, 0.4) is 0 Å². The molecule has 0 saturated carbocycles. The van der Waals surface area contributed by atoms with Gasteiger partial charge in [-0.15, -0.1) is 6.58 Å². The molecule has 0 radical (unpaired) electrons. The molecule has 2 fully saturated rings. The van der Waals surface area contributed by atoms with Gasteiger partial charge < -0.3 is 19.5 Å². The molecule has 2 saturated heterocycles. The van der Waals surface area contributed by atoms with Gasteiger partial charge in [0.1, 0.15) is 11.8 Å². The third-order valence-electron chi connectivity index (χ3n) is 4.59. The van der Waals surface area contributed by atoms with Crippen LogP contribution >= 0.6 is 0 Å². The molecule has 136 valence electrons. The number of aromatic nitrogens is 2. The van der Waals surface area contributed by atoms with Crippen LogP contribution in [0.5, 0.6) is 11.9 Å². The highest BCUT2D eigenvalue weighted by molar-refractivity contribution is 5.77. The average Bonchev–Trinajstić information content (AvgIpc) is 2.86. The third kappa shape index (κ3) is 3.13. The minimum Gasteiger partial charge on any atom is -0.481 e. The Labute approximate surface area is 147 Å². The maximum absolute atomic E-state index is 12.6. The number of carbonyl (C=O) groups is 1. The number of rotatable bonds is 5. The first-order valence-corrected chi connectivity index (χ1v) is 8.25. The second kappa shape index (κ2) is 6.51. The number of methoxy groups -OCH3 is 2. The van der Waals surface area contributed by atoms with Crippen molar-refractivity contribution in [1.29, 1.82) is 0 Å². The summed E-state index contributed by atoms with van der Waals surface area (Å²) in [7, 11) is 3.03. The fraction of sp³-hybridized carbons (Fsp3) is 0.588. The number of urea groups is 1. The van der Waals surface area contributed by atoms with Crippen molar-refractivity contribution in [2.45, 2.75) is 50.6 Å². The summed E-state index contributed by atoms with van der Waals surface area (Å²) in [5, 5.41) is 3.02. The molecule has 8 nitrogen and oxygen atoms in total. The van der Waals surface area contributed by atoms with E-state index in [1.165, 1.54) is 14.2 Å². The van der Waals surface area contributed by atoms with E-state index in [1.807, 2.05) is 19.9 Å². The first kappa shape index (κ1) is 17.5. The molecule has 0 spiro atoms. The van der Waals surface area contributed by atoms with Crippen molar-refractivity contribution in [3.05, 3.63) is 24.4 Å². The number of amides is 2. The highest BCUT2D eigenvalue weighted by atomic mass is 16.5. The normalized spacial score (nSPS) is 27.4. The molecule has 2 aliphatic rings. The lowest BCUT2D eigenvalue weighted by atomic mass is 9.94. The van der Waals surface area contributed by atoms with Gasteiger partial charge in [-0.3, -0.25) is 4.90 Å². The van der Waals surface area contributed by atoms with Gasteiger partial charge >= 0.3 is 12.0 Å². The molecular formula is C17H24N4O4. The molecule has 3 atom stereocenters. The van der Waals surface area contributed by atoms with Crippen LogP contribution in [0.4, 0.5) is 4.79 Å². The highest BCUT2D eigenvalue weighted by Gasteiger charge is 2.53. The van der Waals surface area contributed by atoms with Crippen LogP contribution in [0.25, 0.3) is 0 Å². The molecule has 0 unspecified atom stereocenters. The van der Waals surface area contributed by atoms with Crippen molar-refractivity contribution in [3.63, 3.8) is 0 Å². The van der Waals surface area contributed by atoms with E-state index in [1.54, 1.807) is 11.0 Å². The maximum atomic E-state index is 12.6. The Morgan fingerprint density at radius 3 is 2.84 bits per heavy atom. The minimum absolute atomic E-state index is 0.0249. The third-order valence-corrected chi connectivity index (χ3v) is 4.59. The van der Waals surface area contributed by atoms with Gasteiger partial charge in [0.15, 0.2) is 0 Å². The first-order valence-electron chi connectivity index (χ1n) is 8.25. The maximum Gasteiger partial charge on any atom is 0.320 e. The second-order valence-corrected chi connectivity index (χ2v) is 6.65. The predicted molar refractivity (Wildman–Crippen MR) is 90.4 cm³/mol. The lowest BCUT2D eigenvalue weighted by molar-refractivity contribution is -0.0632. The van der Waals surface area contributed by atoms with E-state index in [2.05, 4.69) is 21.9 Å². The molecule has 0 aliphatic carbocycles. The van der Waals surface area contributed by atoms with Gasteiger partial charge in [0.2, 0.25) is 5.88 Å². The largest absolute Gasteiger partial charge is 0.481 e. The van der Waals surface area contributed by atoms with Crippen molar-refractivity contribution < 1.29 is 19.0 Å². The summed E-state index contributed by atoms with van der Waals surface area (Å²) in [4.78, 5) is 22.9. The molecule has 25 heavy (non-hydrogen) atoms. The lowest BCUT2D eigenvalue weighted by Crippen LogP contribution is -2.59. The summed E-state index contributed by atoms with van der Waals surface area (Å²) >= 11 is 0. The average molecular weight is 348 g/mol. The van der Waals surface area contributed by atoms with Gasteiger partial charge in [-0.25, -0.2) is 4.79 Å². The van der Waals surface area contributed by atoms with Gasteiger partial charge in [0.25, 0.3) is 0 Å². The number of hydrogen-bond donors (Lipinski definition) is 1. The zero-order valence-corrected chi connectivity index (χ0v) is 15.0. The second-order valence-electron chi connectivity index (χ2n) is 6.65. The van der Waals surface area contributed by atoms with Crippen molar-refractivity contribution in [2.75, 3.05) is 14.2 Å². The molecular weight excluding hydrogens is 324 g/mol. The summed E-state index contributed by atoms with van der Waals surface area (Å²) in [5.41, 5.74) is -0.111. The zero-order chi connectivity index (χ0) is 18.2. The molecule has 1 aromatic heterocycles. The smallest absolute Gasteiger partial charge is 0.320 e. The minimum atomic E-state index is -0.746. The summed E-state index contributed by atoms with van der Waals surface area (Å²) in [6.07, 6.45) is 2.87. The monoisotopic (exact) mass is 348 g/mol. The summed E-state index contributed by atoms with van der Waals surface area (Å²) in [6.45, 7) is 7.52. The van der Waals surface area contributed by atoms with Crippen LogP contribution in [0.2, 0.25) is 0 Å². The summed E-state index contributed by atoms with van der Waals surface area (Å²) in [6, 6.07) is 1.68. The summed E-state index contributed by atoms with van der Waals surface area (Å²) in [5.74, 6) is 0.393. The van der Waals surface area contributed by atoms with E-state index in [0.717, 1.165) is 6.42 Å². The number of nitrogens with one attached hydrogen (secondary N) is 1. The number of fused-ring (bicyclic) bond motifs is 1. The van der Waals surface area contributed by atoms with Crippen LogP contribution in [0.1, 0.15) is 38.5 Å². The molecule has 0 bridgehead atoms. The Kier molecular flexibility index (Phi) is 4.55. The SMILES string of the molecule is C=CC[C@H]1C[C@H]2[C@H](c3cc(OC)nc(OC)n3)OC(C)(C)N2C(=O)N1. The van der Waals surface area contributed by atoms with E-state index in [4.69, 9.17) is 14.2 Å². The number of hydrogen-bond acceptors (Lipinski definition) is 6. The quantitative estimate of drug-likeness (QED) is 0.820. The molecule has 3 rings (SSSR count). The fourth-order valence-corrected chi connectivity index (χ4v) is 3.58. The Balaban J connectivity index is 1.98. The molecule has 2 amide bonds. The van der Waals surface area contributed by atoms with E-state index < -0.39 is 5.72 Å². The van der Waals surface area contributed by atoms with Crippen LogP contribution < -0.4 is 14.8 Å². The Morgan fingerprint density at radius 2 is 2.20 bits per heavy atom. The molecule has 1 N–H and O–H groups in total. The van der Waals surface area contributed by atoms with Crippen LogP contribution in [0, 0.1) is 0 Å². The van der Waals surface area contributed by atoms with Gasteiger partial charge in [0.05, 0.1) is 26.0 Å². The first-order chi connectivity index (χ1) is 11.9. The van der Waals surface area contributed by atoms with Crippen LogP contribution in [-0.4, -0.2) is 52.9 Å². The van der Waals surface area contributed by atoms with E-state index in [-0.39, 0.29) is 30.2 Å². The van der Waals surface area contributed by atoms with E-state index in [0.29, 0.717) is 18.0 Å². The molecule has 2 aliphatic heterocycles. The van der Waals surface area contributed by atoms with Crippen molar-refractivity contribution in [1.82, 2.24) is 20.2 Å². The van der Waals surface area contributed by atoms with Gasteiger partial charge in [0, 0.05) is 12.1 Å². The standard InChI is InChI=1S/C17H24N4O4/c1-6-7-10-8-12-14(25-17(2,3)21(12)16(22)18-10)11-9-13(23-4)20-15(19-11)24-5/h6,9-10,12,14H,1,7-8H2,2-5H3,(H,18,22)/t10-,12-,14-/m0/s1. The molecule has 3 heterocycles. The Bertz CT molecular complexity index is 656. The highest BCUT2D eigenvalue weighted by Crippen LogP contribution is 2.44. The van der Waals surface area contributed by atoms with Gasteiger partial charge in [-0.2, -0.15) is 9.97 Å². The molecule has 0 aromatic carbocycles. The van der Waals surface area contributed by atoms with Gasteiger partial charge in [-0.05, 0) is 26.7 Å². The van der Waals surface area contributed by atoms with Gasteiger partial charge in [-0.1, -0.05) is 6.08 Å². The topological polar surface area (TPSA) is 85.8 Å². The molecule has 1 aromatic rings. The Hall–Kier alpha value is -2.35. The number of carbonyl (C=O) groups excluding carboxylic acids is 1. The van der Waals surface area contributed by atoms with E-state index in [9.17, 15) is 4.79 Å². The van der Waals surface area contributed by atoms with Crippen LogP contribution in [-0.2, 0) is 4.74 Å². The van der Waals surface area contributed by atoms with Crippen LogP contribution in [0.15, 0.2) is 18.7 Å².